The molecule has 0 heterocycles. The monoisotopic (exact) mass is 310 g/mol. The summed E-state index contributed by atoms with van der Waals surface area (Å²) < 4.78 is 27.5. The molecule has 100 valence electrons. The van der Waals surface area contributed by atoms with Crippen molar-refractivity contribution in [2.24, 2.45) is 0 Å². The topological polar surface area (TPSA) is 60.4 Å². The summed E-state index contributed by atoms with van der Waals surface area (Å²) in [6, 6.07) is 3.60. The maximum absolute atomic E-state index is 11.8. The third-order valence-corrected chi connectivity index (χ3v) is 3.52. The van der Waals surface area contributed by atoms with Crippen LogP contribution in [0, 0.1) is 0 Å². The van der Waals surface area contributed by atoms with E-state index < -0.39 is 20.6 Å². The van der Waals surface area contributed by atoms with Gasteiger partial charge in [-0.3, -0.25) is 0 Å². The average Bonchev–Trinajstić information content (AvgIpc) is 2.13. The molecule has 0 atom stereocenters. The Morgan fingerprint density at radius 3 is 2.28 bits per heavy atom. The molecule has 0 aromatic heterocycles. The standard InChI is InChI=1S/C11H12Cl2O4S/c1-11(2,3)17-10(14)8-6-7(18(13,15)16)4-5-9(8)12/h4-6H,1-3H3. The summed E-state index contributed by atoms with van der Waals surface area (Å²) in [5.74, 6) is -0.699. The first-order chi connectivity index (χ1) is 8.00. The van der Waals surface area contributed by atoms with Gasteiger partial charge in [0, 0.05) is 10.7 Å². The number of esters is 1. The number of rotatable bonds is 2. The lowest BCUT2D eigenvalue weighted by atomic mass is 10.1. The Morgan fingerprint density at radius 2 is 1.83 bits per heavy atom. The normalized spacial score (nSPS) is 12.3. The summed E-state index contributed by atoms with van der Waals surface area (Å²) in [6.45, 7) is 5.09. The Bertz CT molecular complexity index is 573. The molecule has 0 aliphatic carbocycles. The van der Waals surface area contributed by atoms with Gasteiger partial charge in [0.05, 0.1) is 15.5 Å². The van der Waals surface area contributed by atoms with Gasteiger partial charge in [-0.25, -0.2) is 13.2 Å². The Hall–Kier alpha value is -0.780. The molecule has 0 radical (unpaired) electrons. The fraction of sp³-hybridized carbons (Fsp3) is 0.364. The molecule has 1 aromatic carbocycles. The van der Waals surface area contributed by atoms with Crippen LogP contribution in [0.25, 0.3) is 0 Å². The van der Waals surface area contributed by atoms with E-state index in [1.807, 2.05) is 0 Å². The molecule has 0 bridgehead atoms. The first-order valence-corrected chi connectivity index (χ1v) is 7.67. The molecule has 0 aliphatic rings. The van der Waals surface area contributed by atoms with Crippen molar-refractivity contribution in [3.05, 3.63) is 28.8 Å². The number of benzene rings is 1. The number of carbonyl (C=O) groups is 1. The zero-order chi connectivity index (χ0) is 14.1. The van der Waals surface area contributed by atoms with Crippen molar-refractivity contribution in [1.82, 2.24) is 0 Å². The van der Waals surface area contributed by atoms with Gasteiger partial charge in [-0.1, -0.05) is 11.6 Å². The fourth-order valence-corrected chi connectivity index (χ4v) is 2.12. The van der Waals surface area contributed by atoms with Crippen molar-refractivity contribution in [2.45, 2.75) is 31.3 Å². The molecule has 0 aliphatic heterocycles. The molecule has 1 aromatic rings. The predicted molar refractivity (Wildman–Crippen MR) is 69.7 cm³/mol. The van der Waals surface area contributed by atoms with Crippen molar-refractivity contribution >= 4 is 37.3 Å². The van der Waals surface area contributed by atoms with Crippen molar-refractivity contribution < 1.29 is 17.9 Å². The Kier molecular flexibility index (Phi) is 4.30. The first-order valence-electron chi connectivity index (χ1n) is 4.98. The molecule has 0 saturated carbocycles. The molecule has 0 spiro atoms. The molecule has 0 N–H and O–H groups in total. The van der Waals surface area contributed by atoms with Crippen molar-refractivity contribution in [3.63, 3.8) is 0 Å². The summed E-state index contributed by atoms with van der Waals surface area (Å²) in [7, 11) is 1.28. The third-order valence-electron chi connectivity index (χ3n) is 1.84. The smallest absolute Gasteiger partial charge is 0.340 e. The zero-order valence-corrected chi connectivity index (χ0v) is 12.4. The van der Waals surface area contributed by atoms with E-state index in [0.717, 1.165) is 6.07 Å². The van der Waals surface area contributed by atoms with Gasteiger partial charge in [0.25, 0.3) is 9.05 Å². The number of hydrogen-bond donors (Lipinski definition) is 0. The van der Waals surface area contributed by atoms with Gasteiger partial charge < -0.3 is 4.74 Å². The van der Waals surface area contributed by atoms with E-state index in [-0.39, 0.29) is 15.5 Å². The Labute approximate surface area is 115 Å². The highest BCUT2D eigenvalue weighted by molar-refractivity contribution is 8.13. The van der Waals surface area contributed by atoms with Crippen molar-refractivity contribution in [3.8, 4) is 0 Å². The average molecular weight is 311 g/mol. The van der Waals surface area contributed by atoms with Crippen LogP contribution in [0.4, 0.5) is 0 Å². The second-order valence-corrected chi connectivity index (χ2v) is 7.55. The summed E-state index contributed by atoms with van der Waals surface area (Å²) in [5.41, 5.74) is -0.732. The molecule has 1 rings (SSSR count). The van der Waals surface area contributed by atoms with Crippen molar-refractivity contribution in [2.75, 3.05) is 0 Å². The summed E-state index contributed by atoms with van der Waals surface area (Å²) in [4.78, 5) is 11.6. The van der Waals surface area contributed by atoms with Gasteiger partial charge in [-0.15, -0.1) is 0 Å². The van der Waals surface area contributed by atoms with E-state index >= 15 is 0 Å². The van der Waals surface area contributed by atoms with Crippen LogP contribution < -0.4 is 0 Å². The van der Waals surface area contributed by atoms with E-state index in [1.54, 1.807) is 20.8 Å². The van der Waals surface area contributed by atoms with Gasteiger partial charge in [0.15, 0.2) is 0 Å². The third kappa shape index (κ3) is 4.15. The molecule has 0 unspecified atom stereocenters. The van der Waals surface area contributed by atoms with Crippen LogP contribution in [-0.2, 0) is 13.8 Å². The van der Waals surface area contributed by atoms with Gasteiger partial charge in [0.1, 0.15) is 5.60 Å². The number of hydrogen-bond acceptors (Lipinski definition) is 4. The largest absolute Gasteiger partial charge is 0.456 e. The Morgan fingerprint density at radius 1 is 1.28 bits per heavy atom. The fourth-order valence-electron chi connectivity index (χ4n) is 1.15. The van der Waals surface area contributed by atoms with Crippen LogP contribution in [0.3, 0.4) is 0 Å². The number of carbonyl (C=O) groups excluding carboxylic acids is 1. The lowest BCUT2D eigenvalue weighted by molar-refractivity contribution is 0.00695. The second kappa shape index (κ2) is 5.07. The van der Waals surface area contributed by atoms with Gasteiger partial charge in [0.2, 0.25) is 0 Å². The van der Waals surface area contributed by atoms with Crippen LogP contribution in [0.1, 0.15) is 31.1 Å². The van der Waals surface area contributed by atoms with Crippen molar-refractivity contribution in [1.29, 1.82) is 0 Å². The molecule has 0 fully saturated rings. The lowest BCUT2D eigenvalue weighted by Crippen LogP contribution is -2.24. The molecule has 7 heteroatoms. The van der Waals surface area contributed by atoms with E-state index in [9.17, 15) is 13.2 Å². The van der Waals surface area contributed by atoms with Crippen LogP contribution in [-0.4, -0.2) is 20.0 Å². The van der Waals surface area contributed by atoms with E-state index in [1.165, 1.54) is 12.1 Å². The maximum Gasteiger partial charge on any atom is 0.340 e. The Balaban J connectivity index is 3.21. The SMILES string of the molecule is CC(C)(C)OC(=O)c1cc(S(=O)(=O)Cl)ccc1Cl. The minimum atomic E-state index is -3.91. The van der Waals surface area contributed by atoms with Crippen LogP contribution in [0.5, 0.6) is 0 Å². The highest BCUT2D eigenvalue weighted by Crippen LogP contribution is 2.24. The predicted octanol–water partition coefficient (Wildman–Crippen LogP) is 3.22. The molecule has 18 heavy (non-hydrogen) atoms. The minimum Gasteiger partial charge on any atom is -0.456 e. The van der Waals surface area contributed by atoms with Crippen LogP contribution in [0.15, 0.2) is 23.1 Å². The molecule has 4 nitrogen and oxygen atoms in total. The quantitative estimate of drug-likeness (QED) is 0.621. The van der Waals surface area contributed by atoms with Gasteiger partial charge in [-0.05, 0) is 39.0 Å². The highest BCUT2D eigenvalue weighted by atomic mass is 35.7. The minimum absolute atomic E-state index is 0.0340. The molecular weight excluding hydrogens is 299 g/mol. The zero-order valence-electron chi connectivity index (χ0n) is 10.0. The lowest BCUT2D eigenvalue weighted by Gasteiger charge is -2.19. The number of halogens is 2. The van der Waals surface area contributed by atoms with E-state index in [4.69, 9.17) is 27.0 Å². The van der Waals surface area contributed by atoms with Crippen LogP contribution >= 0.6 is 22.3 Å². The molecule has 0 amide bonds. The van der Waals surface area contributed by atoms with E-state index in [2.05, 4.69) is 0 Å². The maximum atomic E-state index is 11.8. The summed E-state index contributed by atoms with van der Waals surface area (Å²) >= 11 is 5.83. The second-order valence-electron chi connectivity index (χ2n) is 4.58. The summed E-state index contributed by atoms with van der Waals surface area (Å²) in [5, 5.41) is 0.105. The van der Waals surface area contributed by atoms with Crippen LogP contribution in [0.2, 0.25) is 5.02 Å². The van der Waals surface area contributed by atoms with E-state index in [0.29, 0.717) is 0 Å². The highest BCUT2D eigenvalue weighted by Gasteiger charge is 2.22. The molecule has 0 saturated heterocycles. The van der Waals surface area contributed by atoms with Gasteiger partial charge >= 0.3 is 5.97 Å². The summed E-state index contributed by atoms with van der Waals surface area (Å²) in [6.07, 6.45) is 0. The molecular formula is C11H12Cl2O4S. The van der Waals surface area contributed by atoms with Gasteiger partial charge in [-0.2, -0.15) is 0 Å². The first kappa shape index (κ1) is 15.3. The number of ether oxygens (including phenoxy) is 1.